The number of ether oxygens (including phenoxy) is 2. The van der Waals surface area contributed by atoms with Crippen molar-refractivity contribution in [2.24, 2.45) is 29.4 Å². The summed E-state index contributed by atoms with van der Waals surface area (Å²) in [6.45, 7) is 0.442. The first-order chi connectivity index (χ1) is 19.2. The molecule has 3 aliphatic carbocycles. The standard InChI is InChI=1S/C28H38N4O9/c1-31(2)16-9-13(10-30-11-17(40-5)41-6)22(33)19-14(16)7-12-8-15-21(32(3)4)24(35)20(27(29)38)26(37)28(15,39)25(36)18(12)23(19)34/h9,12,15,17-18,20-21,30,33,39H,7-8,10-11H2,1-6H3,(H2,29,38)/t12-,15-,18?,20?,21?,28-/m1/s1. The topological polar surface area (TPSA) is 189 Å². The molecule has 1 aromatic carbocycles. The summed E-state index contributed by atoms with van der Waals surface area (Å²) in [6, 6.07) is 0.618. The number of nitrogens with one attached hydrogen (secondary N) is 1. The molecule has 41 heavy (non-hydrogen) atoms. The van der Waals surface area contributed by atoms with Gasteiger partial charge in [0.05, 0.1) is 17.5 Å². The smallest absolute Gasteiger partial charge is 0.235 e. The molecule has 5 N–H and O–H groups in total. The molecule has 2 fully saturated rings. The lowest BCUT2D eigenvalue weighted by atomic mass is 9.52. The average molecular weight is 575 g/mol. The second-order valence-corrected chi connectivity index (χ2v) is 11.5. The first kappa shape index (κ1) is 30.7. The SMILES string of the molecule is COC(CNCc1cc(N(C)C)c2c(c1O)C(=O)C1C(=O)[C@@]3(O)C(=O)C(C(N)=O)C(=O)C(N(C)C)[C@H]3C[C@H]1C2)OC. The van der Waals surface area contributed by atoms with Gasteiger partial charge in [-0.15, -0.1) is 0 Å². The van der Waals surface area contributed by atoms with Crippen LogP contribution in [0.5, 0.6) is 5.75 Å². The number of hydrogen-bond acceptors (Lipinski definition) is 12. The number of nitrogens with zero attached hydrogens (tertiary/aromatic N) is 2. The van der Waals surface area contributed by atoms with Crippen LogP contribution < -0.4 is 16.0 Å². The van der Waals surface area contributed by atoms with Gasteiger partial charge < -0.3 is 35.6 Å². The molecule has 224 valence electrons. The van der Waals surface area contributed by atoms with E-state index in [4.69, 9.17) is 15.2 Å². The van der Waals surface area contributed by atoms with Crippen LogP contribution in [0, 0.1) is 23.7 Å². The van der Waals surface area contributed by atoms with Crippen molar-refractivity contribution in [3.8, 4) is 5.75 Å². The van der Waals surface area contributed by atoms with Crippen LogP contribution in [-0.2, 0) is 41.6 Å². The Morgan fingerprint density at radius 1 is 1.15 bits per heavy atom. The fourth-order valence-corrected chi connectivity index (χ4v) is 6.83. The highest BCUT2D eigenvalue weighted by Crippen LogP contribution is 2.52. The number of fused-ring (bicyclic) bond motifs is 3. The number of amides is 1. The molecule has 0 aromatic heterocycles. The molecule has 0 spiro atoms. The lowest BCUT2D eigenvalue weighted by Gasteiger charge is -2.52. The molecule has 13 heteroatoms. The number of primary amides is 1. The zero-order valence-electron chi connectivity index (χ0n) is 24.1. The summed E-state index contributed by atoms with van der Waals surface area (Å²) in [6.07, 6.45) is -0.346. The van der Waals surface area contributed by atoms with Gasteiger partial charge in [-0.25, -0.2) is 0 Å². The normalized spacial score (nSPS) is 29.4. The molecule has 3 unspecified atom stereocenters. The second kappa shape index (κ2) is 11.2. The van der Waals surface area contributed by atoms with E-state index in [9.17, 15) is 34.2 Å². The molecule has 1 aromatic rings. The van der Waals surface area contributed by atoms with E-state index >= 15 is 0 Å². The Balaban J connectivity index is 1.80. The summed E-state index contributed by atoms with van der Waals surface area (Å²) in [5.74, 6) is -10.7. The van der Waals surface area contributed by atoms with Gasteiger partial charge in [0.2, 0.25) is 5.91 Å². The highest BCUT2D eigenvalue weighted by molar-refractivity contribution is 6.32. The lowest BCUT2D eigenvalue weighted by Crippen LogP contribution is -2.74. The molecular weight excluding hydrogens is 536 g/mol. The minimum atomic E-state index is -2.76. The number of aromatic hydroxyl groups is 1. The maximum absolute atomic E-state index is 14.1. The second-order valence-electron chi connectivity index (χ2n) is 11.5. The molecule has 0 aliphatic heterocycles. The maximum Gasteiger partial charge on any atom is 0.235 e. The van der Waals surface area contributed by atoms with Gasteiger partial charge in [0, 0.05) is 58.6 Å². The van der Waals surface area contributed by atoms with Gasteiger partial charge in [-0.05, 0) is 44.5 Å². The molecule has 0 radical (unpaired) electrons. The van der Waals surface area contributed by atoms with E-state index in [1.165, 1.54) is 19.1 Å². The van der Waals surface area contributed by atoms with Crippen LogP contribution in [0.25, 0.3) is 0 Å². The van der Waals surface area contributed by atoms with Crippen LogP contribution >= 0.6 is 0 Å². The number of hydrogen-bond donors (Lipinski definition) is 4. The first-order valence-electron chi connectivity index (χ1n) is 13.4. The Labute approximate surface area is 237 Å². The van der Waals surface area contributed by atoms with E-state index in [-0.39, 0.29) is 30.7 Å². The monoisotopic (exact) mass is 574 g/mol. The molecule has 13 nitrogen and oxygen atoms in total. The predicted octanol–water partition coefficient (Wildman–Crippen LogP) is -1.36. The average Bonchev–Trinajstić information content (AvgIpc) is 2.89. The summed E-state index contributed by atoms with van der Waals surface area (Å²) in [5, 5.41) is 26.1. The highest BCUT2D eigenvalue weighted by atomic mass is 16.7. The number of carbonyl (C=O) groups excluding carboxylic acids is 5. The Hall–Kier alpha value is -3.23. The minimum Gasteiger partial charge on any atom is -0.507 e. The number of benzene rings is 1. The van der Waals surface area contributed by atoms with Crippen molar-refractivity contribution in [2.45, 2.75) is 37.3 Å². The van der Waals surface area contributed by atoms with Gasteiger partial charge in [-0.3, -0.25) is 28.9 Å². The highest BCUT2D eigenvalue weighted by Gasteiger charge is 2.69. The zero-order chi connectivity index (χ0) is 30.5. The Bertz CT molecular complexity index is 1290. The van der Waals surface area contributed by atoms with Crippen LogP contribution in [0.1, 0.15) is 27.9 Å². The fraction of sp³-hybridized carbons (Fsp3) is 0.607. The van der Waals surface area contributed by atoms with Crippen LogP contribution in [0.4, 0.5) is 5.69 Å². The number of ketones is 4. The van der Waals surface area contributed by atoms with Crippen molar-refractivity contribution in [1.29, 1.82) is 0 Å². The van der Waals surface area contributed by atoms with Crippen molar-refractivity contribution in [3.05, 3.63) is 22.8 Å². The number of rotatable bonds is 9. The largest absolute Gasteiger partial charge is 0.507 e. The molecule has 2 saturated carbocycles. The molecule has 6 atom stereocenters. The van der Waals surface area contributed by atoms with Crippen molar-refractivity contribution in [2.75, 3.05) is 53.9 Å². The van der Waals surface area contributed by atoms with Gasteiger partial charge in [-0.2, -0.15) is 0 Å². The fourth-order valence-electron chi connectivity index (χ4n) is 6.83. The zero-order valence-corrected chi connectivity index (χ0v) is 24.1. The van der Waals surface area contributed by atoms with Crippen LogP contribution in [0.3, 0.4) is 0 Å². The number of anilines is 1. The quantitative estimate of drug-likeness (QED) is 0.201. The van der Waals surface area contributed by atoms with Crippen LogP contribution in [0.2, 0.25) is 0 Å². The van der Waals surface area contributed by atoms with E-state index in [0.29, 0.717) is 23.4 Å². The van der Waals surface area contributed by atoms with Crippen molar-refractivity contribution in [3.63, 3.8) is 0 Å². The summed E-state index contributed by atoms with van der Waals surface area (Å²) in [5.41, 5.74) is 4.16. The Morgan fingerprint density at radius 2 is 1.78 bits per heavy atom. The third kappa shape index (κ3) is 4.75. The van der Waals surface area contributed by atoms with E-state index in [1.807, 2.05) is 0 Å². The minimum absolute atomic E-state index is 0.00371. The number of phenols is 1. The number of Topliss-reactive ketones (excluding diaryl/α,β-unsaturated/α-hetero) is 4. The summed E-state index contributed by atoms with van der Waals surface area (Å²) in [4.78, 5) is 70.1. The summed E-state index contributed by atoms with van der Waals surface area (Å²) in [7, 11) is 9.67. The third-order valence-electron chi connectivity index (χ3n) is 8.75. The summed E-state index contributed by atoms with van der Waals surface area (Å²) >= 11 is 0. The van der Waals surface area contributed by atoms with Crippen molar-refractivity contribution >= 4 is 34.7 Å². The number of phenolic OH excluding ortho intramolecular Hbond substituents is 1. The van der Waals surface area contributed by atoms with Gasteiger partial charge >= 0.3 is 0 Å². The molecule has 1 amide bonds. The Morgan fingerprint density at radius 3 is 2.32 bits per heavy atom. The first-order valence-corrected chi connectivity index (χ1v) is 13.4. The number of nitrogens with two attached hydrogens (primary N) is 1. The molecular formula is C28H38N4O9. The van der Waals surface area contributed by atoms with Gasteiger partial charge in [0.1, 0.15) is 5.75 Å². The van der Waals surface area contributed by atoms with E-state index in [1.54, 1.807) is 39.2 Å². The molecule has 0 saturated heterocycles. The third-order valence-corrected chi connectivity index (χ3v) is 8.75. The van der Waals surface area contributed by atoms with Gasteiger partial charge in [-0.1, -0.05) is 0 Å². The van der Waals surface area contributed by atoms with Gasteiger partial charge in [0.15, 0.2) is 40.9 Å². The number of carbonyl (C=O) groups is 5. The number of methoxy groups -OCH3 is 2. The van der Waals surface area contributed by atoms with Crippen molar-refractivity contribution < 1.29 is 43.7 Å². The summed E-state index contributed by atoms with van der Waals surface area (Å²) < 4.78 is 10.3. The van der Waals surface area contributed by atoms with Crippen molar-refractivity contribution in [1.82, 2.24) is 10.2 Å². The Kier molecular flexibility index (Phi) is 8.40. The maximum atomic E-state index is 14.1. The number of likely N-dealkylation sites (N-methyl/N-ethyl adjacent to an activating group) is 1. The van der Waals surface area contributed by atoms with E-state index in [0.717, 1.165) is 0 Å². The molecule has 4 rings (SSSR count). The van der Waals surface area contributed by atoms with E-state index in [2.05, 4.69) is 5.32 Å². The van der Waals surface area contributed by atoms with E-state index < -0.39 is 70.6 Å². The van der Waals surface area contributed by atoms with Crippen LogP contribution in [-0.4, -0.2) is 111 Å². The van der Waals surface area contributed by atoms with Crippen LogP contribution in [0.15, 0.2) is 6.07 Å². The molecule has 0 bridgehead atoms. The molecule has 0 heterocycles. The number of aliphatic hydroxyl groups is 1. The molecule has 3 aliphatic rings. The predicted molar refractivity (Wildman–Crippen MR) is 145 cm³/mol. The lowest BCUT2D eigenvalue weighted by molar-refractivity contribution is -0.181. The van der Waals surface area contributed by atoms with Gasteiger partial charge in [0.25, 0.3) is 0 Å².